The van der Waals surface area contributed by atoms with Gasteiger partial charge in [0, 0.05) is 201 Å². The molecule has 0 bridgehead atoms. The minimum Gasteiger partial charge on any atom is -0.493 e. The maximum Gasteiger partial charge on any atom is 0.303 e. The van der Waals surface area contributed by atoms with Crippen molar-refractivity contribution in [2.24, 2.45) is 5.41 Å². The van der Waals surface area contributed by atoms with Gasteiger partial charge >= 0.3 is 5.97 Å². The smallest absolute Gasteiger partial charge is 0.303 e. The van der Waals surface area contributed by atoms with Gasteiger partial charge in [0.2, 0.25) is 0 Å². The van der Waals surface area contributed by atoms with E-state index in [-0.39, 0.29) is 84.7 Å². The number of carboxylic acid groups (broad SMARTS) is 1. The maximum absolute atomic E-state index is 10.8. The summed E-state index contributed by atoms with van der Waals surface area (Å²) in [5, 5.41) is 8.86. The molecule has 0 amide bonds. The maximum atomic E-state index is 10.8. The van der Waals surface area contributed by atoms with Gasteiger partial charge in [0.15, 0.2) is 0 Å². The first kappa shape index (κ1) is 102. The molecule has 0 unspecified atom stereocenters. The number of hydrogen-bond acceptors (Lipinski definition) is 23. The third-order valence-corrected chi connectivity index (χ3v) is 19.0. The van der Waals surface area contributed by atoms with E-state index in [1.165, 1.54) is 0 Å². The van der Waals surface area contributed by atoms with E-state index in [1.807, 2.05) is 309 Å². The molecule has 1 N–H and O–H groups in total. The Morgan fingerprint density at radius 2 is 0.368 bits per heavy atom. The molecule has 0 saturated carbocycles. The minimum absolute atomic E-state index is 0. The number of ether oxygens (including phenoxy) is 4. The molecule has 0 aliphatic carbocycles. The summed E-state index contributed by atoms with van der Waals surface area (Å²) in [4.78, 5) is 88.0. The second-order valence-electron chi connectivity index (χ2n) is 28.7. The van der Waals surface area contributed by atoms with Gasteiger partial charge in [0.25, 0.3) is 0 Å². The van der Waals surface area contributed by atoms with Gasteiger partial charge in [-0.2, -0.15) is 0 Å². The van der Waals surface area contributed by atoms with Crippen LogP contribution in [0.15, 0.2) is 421 Å². The molecule has 0 atom stereocenters. The van der Waals surface area contributed by atoms with E-state index in [4.69, 9.17) is 24.1 Å². The number of rotatable bonds is 31. The van der Waals surface area contributed by atoms with Gasteiger partial charge in [0.1, 0.15) is 37.1 Å². The molecule has 18 aromatic rings. The summed E-state index contributed by atoms with van der Waals surface area (Å²) in [5.74, 6) is 1.17. The van der Waals surface area contributed by atoms with Crippen molar-refractivity contribution in [3.8, 4) is 120 Å². The second-order valence-corrected chi connectivity index (χ2v) is 28.7. The summed E-state index contributed by atoms with van der Waals surface area (Å²) < 4.78 is 26.2. The first-order valence-electron chi connectivity index (χ1n) is 42.6. The second kappa shape index (κ2) is 60.3. The van der Waals surface area contributed by atoms with Gasteiger partial charge in [-0.15, -0.1) is 0 Å². The summed E-state index contributed by atoms with van der Waals surface area (Å²) in [5.41, 5.74) is 14.5. The predicted molar refractivity (Wildman–Crippen MR) is 506 cm³/mol. The van der Waals surface area contributed by atoms with E-state index in [2.05, 4.69) is 89.7 Å². The normalized spacial score (nSPS) is 10.1. The largest absolute Gasteiger partial charge is 0.493 e. The van der Waals surface area contributed by atoms with Crippen LogP contribution in [0.4, 0.5) is 0 Å². The fourth-order valence-electron chi connectivity index (χ4n) is 12.4. The standard InChI is InChI=1S/C46H50N6O6.6C10H8N2.3Ru/c53-45(54)18-7-5-3-1-2-4-6-14-28-55-32-46(33-56-36-19-25-50-42(29-36)39-15-8-11-22-47-39,34-57-37-20-26-51-43(30-37)40-16-9-12-23-48-40)35-58-38-21-27-52-44(31-38)41-17-10-13-24-49-41;6*1-3-7-11-9(5-1)10-6-2-4-8-12-10;;;/h8-13,15-17,19-27,29-31H,1-7,14,18,28,32-35H2,(H,53,54);6*1-8H;;;. The molecule has 0 fully saturated rings. The number of aliphatic carboxylic acids is 1. The zero-order valence-corrected chi connectivity index (χ0v) is 78.0. The average Bonchev–Trinajstić information content (AvgIpc) is 0.827. The van der Waals surface area contributed by atoms with Gasteiger partial charge in [0.05, 0.1) is 115 Å². The fraction of sp³-hybridized carbons (Fsp3) is 0.142. The molecule has 0 saturated heterocycles. The number of nitrogens with zero attached hydrogens (tertiary/aromatic N) is 18. The van der Waals surface area contributed by atoms with Crippen LogP contribution in [-0.4, -0.2) is 134 Å². The van der Waals surface area contributed by atoms with Crippen LogP contribution in [0.1, 0.15) is 57.8 Å². The van der Waals surface area contributed by atoms with Crippen molar-refractivity contribution in [1.29, 1.82) is 0 Å². The van der Waals surface area contributed by atoms with Crippen molar-refractivity contribution in [2.75, 3.05) is 33.0 Å². The Morgan fingerprint density at radius 1 is 0.203 bits per heavy atom. The average molecular weight is 2020 g/mol. The van der Waals surface area contributed by atoms with E-state index >= 15 is 0 Å². The molecule has 0 aromatic carbocycles. The van der Waals surface area contributed by atoms with Crippen LogP contribution in [0, 0.1) is 5.41 Å². The Hall–Kier alpha value is -14.6. The number of carboxylic acids is 1. The van der Waals surface area contributed by atoms with Crippen LogP contribution < -0.4 is 14.2 Å². The number of hydrogen-bond donors (Lipinski definition) is 1. The zero-order chi connectivity index (χ0) is 89.4. The topological polar surface area (TPSA) is 306 Å². The van der Waals surface area contributed by atoms with E-state index in [9.17, 15) is 4.79 Å². The van der Waals surface area contributed by atoms with E-state index in [1.54, 1.807) is 112 Å². The van der Waals surface area contributed by atoms with Crippen molar-refractivity contribution in [3.63, 3.8) is 0 Å². The minimum atomic E-state index is -0.784. The van der Waals surface area contributed by atoms with Gasteiger partial charge in [-0.25, -0.2) is 0 Å². The van der Waals surface area contributed by atoms with Crippen molar-refractivity contribution in [1.82, 2.24) is 89.7 Å². The first-order valence-corrected chi connectivity index (χ1v) is 42.6. The van der Waals surface area contributed by atoms with Gasteiger partial charge in [-0.3, -0.25) is 94.5 Å². The summed E-state index contributed by atoms with van der Waals surface area (Å²) in [6.45, 7) is 1.48. The Balaban J connectivity index is 0.000000209. The summed E-state index contributed by atoms with van der Waals surface area (Å²) >= 11 is 0. The molecule has 0 spiro atoms. The quantitative estimate of drug-likeness (QED) is 0.0312. The zero-order valence-electron chi connectivity index (χ0n) is 72.8. The molecule has 672 valence electrons. The van der Waals surface area contributed by atoms with Crippen LogP contribution in [0.25, 0.3) is 102 Å². The third kappa shape index (κ3) is 37.1. The van der Waals surface area contributed by atoms with E-state index in [0.717, 1.165) is 137 Å². The van der Waals surface area contributed by atoms with E-state index < -0.39 is 11.4 Å². The molecular formula is C106H98N18O6Ru3. The van der Waals surface area contributed by atoms with Crippen LogP contribution in [0.5, 0.6) is 17.2 Å². The number of aromatic nitrogens is 18. The molecule has 24 nitrogen and oxygen atoms in total. The molecule has 0 radical (unpaired) electrons. The fourth-order valence-corrected chi connectivity index (χ4v) is 12.4. The summed E-state index contributed by atoms with van der Waals surface area (Å²) in [7, 11) is 0. The monoisotopic (exact) mass is 2020 g/mol. The van der Waals surface area contributed by atoms with Crippen molar-refractivity contribution < 1.29 is 87.3 Å². The molecule has 18 aromatic heterocycles. The Kier molecular flexibility index (Phi) is 46.3. The number of pyridine rings is 18. The first-order chi connectivity index (χ1) is 64.3. The molecule has 0 aliphatic heterocycles. The van der Waals surface area contributed by atoms with Crippen LogP contribution >= 0.6 is 0 Å². The number of carbonyl (C=O) groups is 1. The van der Waals surface area contributed by atoms with Gasteiger partial charge in [-0.1, -0.05) is 130 Å². The Labute approximate surface area is 813 Å². The van der Waals surface area contributed by atoms with Crippen molar-refractivity contribution in [2.45, 2.75) is 57.8 Å². The summed E-state index contributed by atoms with van der Waals surface area (Å²) in [6.07, 6.45) is 39.9. The van der Waals surface area contributed by atoms with Crippen LogP contribution in [-0.2, 0) is 68.0 Å². The van der Waals surface area contributed by atoms with Crippen molar-refractivity contribution in [3.05, 3.63) is 421 Å². The Morgan fingerprint density at radius 3 is 0.541 bits per heavy atom. The SMILES string of the molecule is O=C(O)CCCCCCCCCCOCC(COc1ccnc(-c2ccccn2)c1)(COc1ccnc(-c2ccccn2)c1)COc1ccnc(-c2ccccn2)c1.[Ru].[Ru].[Ru].c1ccc(-c2ccccn2)nc1.c1ccc(-c2ccccn2)nc1.c1ccc(-c2ccccn2)nc1.c1ccc(-c2ccccn2)nc1.c1ccc(-c2ccccn2)nc1.c1ccc(-c2ccccn2)nc1. The molecule has 27 heteroatoms. The molecule has 133 heavy (non-hydrogen) atoms. The van der Waals surface area contributed by atoms with Crippen molar-refractivity contribution >= 4 is 5.97 Å². The molecule has 18 heterocycles. The van der Waals surface area contributed by atoms with Gasteiger partial charge in [-0.05, 0) is 213 Å². The molecular weight excluding hydrogens is 1920 g/mol. The summed E-state index contributed by atoms with van der Waals surface area (Å²) in [6, 6.07) is 97.8. The Bertz CT molecular complexity index is 5070. The van der Waals surface area contributed by atoms with E-state index in [0.29, 0.717) is 47.5 Å². The van der Waals surface area contributed by atoms with Crippen LogP contribution in [0.3, 0.4) is 0 Å². The van der Waals surface area contributed by atoms with Crippen LogP contribution in [0.2, 0.25) is 0 Å². The molecule has 0 aliphatic rings. The predicted octanol–water partition coefficient (Wildman–Crippen LogP) is 22.0. The number of unbranched alkanes of at least 4 members (excludes halogenated alkanes) is 7. The third-order valence-electron chi connectivity index (χ3n) is 19.0. The molecule has 18 rings (SSSR count). The van der Waals surface area contributed by atoms with Gasteiger partial charge < -0.3 is 24.1 Å².